The minimum absolute atomic E-state index is 0.00568. The van der Waals surface area contributed by atoms with Crippen LogP contribution in [0.2, 0.25) is 0 Å². The summed E-state index contributed by atoms with van der Waals surface area (Å²) in [6.07, 6.45) is 7.57. The molecule has 0 spiro atoms. The maximum Gasteiger partial charge on any atom is 0.273 e. The number of carbonyl (C=O) groups is 1. The van der Waals surface area contributed by atoms with E-state index in [2.05, 4.69) is 4.98 Å². The standard InChI is InChI=1S/C19H21N3O3/c23-19(14-16-6-3-4-8-18(16)22(24)25)21-13-5-1-2-7-17(21)15-9-11-20-12-10-15/h3-4,6,8-12,17H,1-2,5,7,13-14H2/t17-/m1/s1. The largest absolute Gasteiger partial charge is 0.335 e. The number of likely N-dealkylation sites (tertiary alicyclic amines) is 1. The van der Waals surface area contributed by atoms with E-state index in [1.54, 1.807) is 30.6 Å². The summed E-state index contributed by atoms with van der Waals surface area (Å²) in [5, 5.41) is 11.2. The second-order valence-corrected chi connectivity index (χ2v) is 6.30. The van der Waals surface area contributed by atoms with Crippen molar-refractivity contribution in [3.8, 4) is 0 Å². The minimum Gasteiger partial charge on any atom is -0.335 e. The van der Waals surface area contributed by atoms with Gasteiger partial charge in [0.05, 0.1) is 17.4 Å². The molecule has 1 aliphatic rings. The van der Waals surface area contributed by atoms with Crippen molar-refractivity contribution in [2.45, 2.75) is 38.1 Å². The summed E-state index contributed by atoms with van der Waals surface area (Å²) < 4.78 is 0. The lowest BCUT2D eigenvalue weighted by molar-refractivity contribution is -0.385. The smallest absolute Gasteiger partial charge is 0.273 e. The number of amides is 1. The van der Waals surface area contributed by atoms with Gasteiger partial charge < -0.3 is 4.90 Å². The minimum atomic E-state index is -0.425. The first kappa shape index (κ1) is 17.1. The maximum absolute atomic E-state index is 13.0. The van der Waals surface area contributed by atoms with Gasteiger partial charge >= 0.3 is 0 Å². The molecule has 0 bridgehead atoms. The van der Waals surface area contributed by atoms with Crippen molar-refractivity contribution >= 4 is 11.6 Å². The first-order chi connectivity index (χ1) is 12.2. The molecule has 1 aromatic heterocycles. The highest BCUT2D eigenvalue weighted by molar-refractivity contribution is 5.80. The number of para-hydroxylation sites is 1. The molecular weight excluding hydrogens is 318 g/mol. The molecule has 0 aliphatic carbocycles. The van der Waals surface area contributed by atoms with Gasteiger partial charge in [0, 0.05) is 30.6 Å². The van der Waals surface area contributed by atoms with E-state index >= 15 is 0 Å². The Hall–Kier alpha value is -2.76. The SMILES string of the molecule is O=C(Cc1ccccc1[N+](=O)[O-])N1CCCCC[C@@H]1c1ccncc1. The van der Waals surface area contributed by atoms with E-state index in [4.69, 9.17) is 0 Å². The van der Waals surface area contributed by atoms with E-state index < -0.39 is 4.92 Å². The van der Waals surface area contributed by atoms with Gasteiger partial charge in [0.25, 0.3) is 5.69 Å². The van der Waals surface area contributed by atoms with Crippen LogP contribution in [0.4, 0.5) is 5.69 Å². The van der Waals surface area contributed by atoms with E-state index in [-0.39, 0.29) is 24.1 Å². The zero-order valence-corrected chi connectivity index (χ0v) is 14.0. The van der Waals surface area contributed by atoms with Gasteiger partial charge in [-0.15, -0.1) is 0 Å². The Morgan fingerprint density at radius 2 is 1.92 bits per heavy atom. The van der Waals surface area contributed by atoms with Crippen LogP contribution in [0, 0.1) is 10.1 Å². The van der Waals surface area contributed by atoms with Crippen molar-refractivity contribution < 1.29 is 9.72 Å². The van der Waals surface area contributed by atoms with Crippen molar-refractivity contribution in [1.29, 1.82) is 0 Å². The van der Waals surface area contributed by atoms with Crippen molar-refractivity contribution in [1.82, 2.24) is 9.88 Å². The molecule has 1 aliphatic heterocycles. The molecule has 1 saturated heterocycles. The van der Waals surface area contributed by atoms with Crippen molar-refractivity contribution in [3.05, 3.63) is 70.0 Å². The molecule has 1 atom stereocenters. The predicted molar refractivity (Wildman–Crippen MR) is 94.0 cm³/mol. The third-order valence-corrected chi connectivity index (χ3v) is 4.69. The van der Waals surface area contributed by atoms with Gasteiger partial charge in [-0.1, -0.05) is 31.0 Å². The van der Waals surface area contributed by atoms with Crippen LogP contribution in [0.1, 0.15) is 42.9 Å². The van der Waals surface area contributed by atoms with Gasteiger partial charge in [-0.3, -0.25) is 19.9 Å². The average molecular weight is 339 g/mol. The second kappa shape index (κ2) is 7.88. The molecular formula is C19H21N3O3. The molecule has 0 saturated carbocycles. The number of carbonyl (C=O) groups excluding carboxylic acids is 1. The summed E-state index contributed by atoms with van der Waals surface area (Å²) in [6, 6.07) is 10.4. The van der Waals surface area contributed by atoms with Crippen LogP contribution in [-0.4, -0.2) is 27.3 Å². The number of aromatic nitrogens is 1. The highest BCUT2D eigenvalue weighted by Gasteiger charge is 2.28. The average Bonchev–Trinajstić information content (AvgIpc) is 2.89. The molecule has 25 heavy (non-hydrogen) atoms. The number of hydrogen-bond donors (Lipinski definition) is 0. The van der Waals surface area contributed by atoms with Crippen molar-refractivity contribution in [2.75, 3.05) is 6.54 Å². The Kier molecular flexibility index (Phi) is 5.38. The highest BCUT2D eigenvalue weighted by atomic mass is 16.6. The fourth-order valence-corrected chi connectivity index (χ4v) is 3.44. The lowest BCUT2D eigenvalue weighted by atomic mass is 10.0. The van der Waals surface area contributed by atoms with Crippen LogP contribution in [-0.2, 0) is 11.2 Å². The number of nitro benzene ring substituents is 1. The third-order valence-electron chi connectivity index (χ3n) is 4.69. The summed E-state index contributed by atoms with van der Waals surface area (Å²) in [5.41, 5.74) is 1.55. The van der Waals surface area contributed by atoms with Gasteiger partial charge in [-0.05, 0) is 30.5 Å². The zero-order valence-electron chi connectivity index (χ0n) is 14.0. The van der Waals surface area contributed by atoms with Crippen LogP contribution in [0.25, 0.3) is 0 Å². The fraction of sp³-hybridized carbons (Fsp3) is 0.368. The van der Waals surface area contributed by atoms with Crippen molar-refractivity contribution in [3.63, 3.8) is 0 Å². The lowest BCUT2D eigenvalue weighted by Crippen LogP contribution is -2.36. The number of hydrogen-bond acceptors (Lipinski definition) is 4. The highest BCUT2D eigenvalue weighted by Crippen LogP contribution is 2.31. The summed E-state index contributed by atoms with van der Waals surface area (Å²) in [7, 11) is 0. The van der Waals surface area contributed by atoms with Gasteiger partial charge in [-0.25, -0.2) is 0 Å². The molecule has 130 valence electrons. The fourth-order valence-electron chi connectivity index (χ4n) is 3.44. The van der Waals surface area contributed by atoms with E-state index in [1.807, 2.05) is 17.0 Å². The number of benzene rings is 1. The normalized spacial score (nSPS) is 17.8. The predicted octanol–water partition coefficient (Wildman–Crippen LogP) is 3.68. The van der Waals surface area contributed by atoms with Crippen LogP contribution in [0.3, 0.4) is 0 Å². The lowest BCUT2D eigenvalue weighted by Gasteiger charge is -2.30. The summed E-state index contributed by atoms with van der Waals surface area (Å²) >= 11 is 0. The zero-order chi connectivity index (χ0) is 17.6. The Labute approximate surface area is 146 Å². The van der Waals surface area contributed by atoms with Gasteiger partial charge in [0.2, 0.25) is 5.91 Å². The monoisotopic (exact) mass is 339 g/mol. The van der Waals surface area contributed by atoms with E-state index in [1.165, 1.54) is 6.07 Å². The van der Waals surface area contributed by atoms with Crippen LogP contribution >= 0.6 is 0 Å². The van der Waals surface area contributed by atoms with Crippen LogP contribution in [0.5, 0.6) is 0 Å². The molecule has 1 aromatic carbocycles. The quantitative estimate of drug-likeness (QED) is 0.629. The van der Waals surface area contributed by atoms with Crippen molar-refractivity contribution in [2.24, 2.45) is 0 Å². The molecule has 2 aromatic rings. The molecule has 6 nitrogen and oxygen atoms in total. The maximum atomic E-state index is 13.0. The molecule has 0 radical (unpaired) electrons. The van der Waals surface area contributed by atoms with E-state index in [0.29, 0.717) is 12.1 Å². The number of nitro groups is 1. The Morgan fingerprint density at radius 3 is 2.68 bits per heavy atom. The van der Waals surface area contributed by atoms with E-state index in [9.17, 15) is 14.9 Å². The Morgan fingerprint density at radius 1 is 1.16 bits per heavy atom. The Balaban J connectivity index is 1.84. The summed E-state index contributed by atoms with van der Waals surface area (Å²) in [5.74, 6) is -0.0574. The number of pyridine rings is 1. The number of nitrogens with zero attached hydrogens (tertiary/aromatic N) is 3. The first-order valence-electron chi connectivity index (χ1n) is 8.58. The molecule has 1 amide bonds. The number of rotatable bonds is 4. The third kappa shape index (κ3) is 4.02. The molecule has 2 heterocycles. The van der Waals surface area contributed by atoms with Gasteiger partial charge in [0.15, 0.2) is 0 Å². The summed E-state index contributed by atoms with van der Waals surface area (Å²) in [6.45, 7) is 0.687. The molecule has 1 fully saturated rings. The van der Waals surface area contributed by atoms with E-state index in [0.717, 1.165) is 31.2 Å². The van der Waals surface area contributed by atoms with Gasteiger partial charge in [-0.2, -0.15) is 0 Å². The van der Waals surface area contributed by atoms with Crippen LogP contribution in [0.15, 0.2) is 48.8 Å². The molecule has 0 N–H and O–H groups in total. The Bertz CT molecular complexity index is 749. The van der Waals surface area contributed by atoms with Gasteiger partial charge in [0.1, 0.15) is 0 Å². The molecule has 3 rings (SSSR count). The molecule has 6 heteroatoms. The second-order valence-electron chi connectivity index (χ2n) is 6.30. The molecule has 0 unspecified atom stereocenters. The van der Waals surface area contributed by atoms with Crippen LogP contribution < -0.4 is 0 Å². The topological polar surface area (TPSA) is 76.3 Å². The first-order valence-corrected chi connectivity index (χ1v) is 8.58. The summed E-state index contributed by atoms with van der Waals surface area (Å²) in [4.78, 5) is 29.7.